The van der Waals surface area contributed by atoms with Crippen molar-refractivity contribution in [2.45, 2.75) is 31.7 Å². The highest BCUT2D eigenvalue weighted by Crippen LogP contribution is 2.36. The Bertz CT molecular complexity index is 1450. The topological polar surface area (TPSA) is 63.9 Å². The van der Waals surface area contributed by atoms with Gasteiger partial charge in [0.15, 0.2) is 4.80 Å². The normalized spacial score (nSPS) is 15.6. The first-order valence-corrected chi connectivity index (χ1v) is 13.6. The van der Waals surface area contributed by atoms with Crippen LogP contribution in [0.5, 0.6) is 5.75 Å². The number of para-hydroxylation sites is 1. The van der Waals surface area contributed by atoms with Crippen molar-refractivity contribution >= 4 is 35.1 Å². The molecule has 0 saturated heterocycles. The molecule has 0 saturated carbocycles. The number of carbonyl (C=O) groups is 1. The van der Waals surface area contributed by atoms with Gasteiger partial charge in [-0.15, -0.1) is 11.8 Å². The Labute approximate surface area is 213 Å². The van der Waals surface area contributed by atoms with Crippen molar-refractivity contribution in [3.63, 3.8) is 0 Å². The number of hydrogen-bond donors (Lipinski definition) is 0. The summed E-state index contributed by atoms with van der Waals surface area (Å²) in [6.45, 7) is 6.89. The molecule has 0 spiro atoms. The third kappa shape index (κ3) is 4.73. The Morgan fingerprint density at radius 3 is 2.49 bits per heavy atom. The molecule has 0 radical (unpaired) electrons. The summed E-state index contributed by atoms with van der Waals surface area (Å²) in [4.78, 5) is 35.7. The van der Waals surface area contributed by atoms with Gasteiger partial charge in [0, 0.05) is 23.5 Å². The van der Waals surface area contributed by atoms with Crippen LogP contribution < -0.4 is 19.6 Å². The van der Waals surface area contributed by atoms with Crippen LogP contribution in [0, 0.1) is 0 Å². The molecule has 182 valence electrons. The number of fused-ring (bicyclic) bond motifs is 1. The fourth-order valence-electron chi connectivity index (χ4n) is 4.31. The summed E-state index contributed by atoms with van der Waals surface area (Å²) < 4.78 is 7.88. The molecule has 1 aromatic heterocycles. The van der Waals surface area contributed by atoms with Crippen LogP contribution in [0.25, 0.3) is 6.08 Å². The predicted molar refractivity (Wildman–Crippen MR) is 143 cm³/mol. The third-order valence-electron chi connectivity index (χ3n) is 6.15. The van der Waals surface area contributed by atoms with Crippen LogP contribution >= 0.6 is 23.1 Å². The molecule has 0 bridgehead atoms. The number of ether oxygens (including phenoxy) is 1. The highest BCUT2D eigenvalue weighted by molar-refractivity contribution is 7.98. The summed E-state index contributed by atoms with van der Waals surface area (Å²) >= 11 is 3.01. The van der Waals surface area contributed by atoms with Crippen molar-refractivity contribution in [1.82, 2.24) is 9.47 Å². The van der Waals surface area contributed by atoms with E-state index in [9.17, 15) is 9.59 Å². The van der Waals surface area contributed by atoms with Gasteiger partial charge in [-0.05, 0) is 56.9 Å². The molecule has 35 heavy (non-hydrogen) atoms. The molecule has 1 atom stereocenters. The molecule has 4 rings (SSSR count). The van der Waals surface area contributed by atoms with E-state index in [1.54, 1.807) is 28.3 Å². The van der Waals surface area contributed by atoms with E-state index >= 15 is 0 Å². The molecule has 1 amide bonds. The van der Waals surface area contributed by atoms with E-state index in [0.29, 0.717) is 39.4 Å². The van der Waals surface area contributed by atoms with Crippen LogP contribution in [-0.4, -0.2) is 41.8 Å². The number of methoxy groups -OCH3 is 1. The average Bonchev–Trinajstić information content (AvgIpc) is 3.18. The van der Waals surface area contributed by atoms with Crippen LogP contribution in [0.4, 0.5) is 0 Å². The second kappa shape index (κ2) is 10.7. The number of likely N-dealkylation sites (N-methyl/N-ethyl adjacent to an activating group) is 1. The Kier molecular flexibility index (Phi) is 7.62. The minimum atomic E-state index is -0.628. The highest BCUT2D eigenvalue weighted by atomic mass is 32.2. The number of thioether (sulfide) groups is 1. The van der Waals surface area contributed by atoms with Crippen molar-refractivity contribution < 1.29 is 9.53 Å². The van der Waals surface area contributed by atoms with Gasteiger partial charge >= 0.3 is 0 Å². The van der Waals surface area contributed by atoms with Gasteiger partial charge in [0.05, 0.1) is 22.9 Å². The van der Waals surface area contributed by atoms with E-state index in [0.717, 1.165) is 16.0 Å². The Balaban J connectivity index is 1.96. The lowest BCUT2D eigenvalue weighted by atomic mass is 9.94. The van der Waals surface area contributed by atoms with E-state index in [2.05, 4.69) is 0 Å². The van der Waals surface area contributed by atoms with Gasteiger partial charge in [0.2, 0.25) is 0 Å². The summed E-state index contributed by atoms with van der Waals surface area (Å²) in [5.41, 5.74) is 2.65. The number of hydrogen-bond acceptors (Lipinski definition) is 6. The van der Waals surface area contributed by atoms with Crippen molar-refractivity contribution in [3.05, 3.63) is 90.6 Å². The summed E-state index contributed by atoms with van der Waals surface area (Å²) in [7, 11) is 1.60. The van der Waals surface area contributed by atoms with Gasteiger partial charge in [0.25, 0.3) is 11.5 Å². The number of carbonyl (C=O) groups excluding carboxylic acids is 1. The van der Waals surface area contributed by atoms with Crippen molar-refractivity contribution in [1.29, 1.82) is 0 Å². The molecule has 6 nitrogen and oxygen atoms in total. The summed E-state index contributed by atoms with van der Waals surface area (Å²) in [5.74, 6) is 0.508. The Morgan fingerprint density at radius 2 is 1.86 bits per heavy atom. The molecule has 0 fully saturated rings. The third-order valence-corrected chi connectivity index (χ3v) is 7.88. The molecule has 1 aliphatic rings. The van der Waals surface area contributed by atoms with Crippen LogP contribution in [0.2, 0.25) is 0 Å². The molecule has 0 aliphatic carbocycles. The van der Waals surface area contributed by atoms with Crippen molar-refractivity contribution in [2.75, 3.05) is 26.5 Å². The lowest BCUT2D eigenvalue weighted by Gasteiger charge is -2.29. The van der Waals surface area contributed by atoms with Crippen molar-refractivity contribution in [3.8, 4) is 5.75 Å². The van der Waals surface area contributed by atoms with Gasteiger partial charge in [-0.1, -0.05) is 41.7 Å². The maximum atomic E-state index is 13.8. The van der Waals surface area contributed by atoms with Crippen LogP contribution in [0.15, 0.2) is 74.5 Å². The molecule has 3 aromatic rings. The maximum absolute atomic E-state index is 13.8. The van der Waals surface area contributed by atoms with Crippen LogP contribution in [0.1, 0.15) is 37.9 Å². The zero-order chi connectivity index (χ0) is 25.1. The number of aromatic nitrogens is 1. The predicted octanol–water partition coefficient (Wildman–Crippen LogP) is 3.83. The van der Waals surface area contributed by atoms with Crippen LogP contribution in [0.3, 0.4) is 0 Å². The summed E-state index contributed by atoms with van der Waals surface area (Å²) in [6, 6.07) is 15.0. The molecule has 0 unspecified atom stereocenters. The van der Waals surface area contributed by atoms with E-state index < -0.39 is 6.04 Å². The first kappa shape index (κ1) is 25.0. The number of allylic oxidation sites excluding steroid dienone is 1. The van der Waals surface area contributed by atoms with E-state index in [4.69, 9.17) is 9.73 Å². The standard InChI is InChI=1S/C27H29N3O3S2/c1-6-29(7-2)26(32)23-17(3)28-27-30(24(23)20-10-8-9-11-21(20)33-4)25(31)22(35-27)16-18-12-14-19(34-5)15-13-18/h8-16,24H,6-7H2,1-5H3/b22-16+/t24-/m1/s1. The fourth-order valence-corrected chi connectivity index (χ4v) is 5.77. The van der Waals surface area contributed by atoms with E-state index in [1.807, 2.05) is 81.6 Å². The smallest absolute Gasteiger partial charge is 0.271 e. The van der Waals surface area contributed by atoms with Gasteiger partial charge in [0.1, 0.15) is 11.8 Å². The zero-order valence-electron chi connectivity index (χ0n) is 20.6. The first-order valence-electron chi connectivity index (χ1n) is 11.5. The Morgan fingerprint density at radius 1 is 1.17 bits per heavy atom. The molecule has 0 N–H and O–H groups in total. The quantitative estimate of drug-likeness (QED) is 0.456. The Hall–Kier alpha value is -3.10. The fraction of sp³-hybridized carbons (Fsp3) is 0.296. The van der Waals surface area contributed by atoms with Gasteiger partial charge in [-0.2, -0.15) is 0 Å². The molecule has 2 aromatic carbocycles. The van der Waals surface area contributed by atoms with Gasteiger partial charge in [-0.3, -0.25) is 14.2 Å². The largest absolute Gasteiger partial charge is 0.496 e. The van der Waals surface area contributed by atoms with Crippen LogP contribution in [-0.2, 0) is 4.79 Å². The lowest BCUT2D eigenvalue weighted by Crippen LogP contribution is -2.43. The van der Waals surface area contributed by atoms with Gasteiger partial charge < -0.3 is 9.64 Å². The molecular weight excluding hydrogens is 478 g/mol. The molecule has 1 aliphatic heterocycles. The second-order valence-corrected chi connectivity index (χ2v) is 9.96. The number of nitrogens with zero attached hydrogens (tertiary/aromatic N) is 3. The minimum absolute atomic E-state index is 0.117. The van der Waals surface area contributed by atoms with E-state index in [1.165, 1.54) is 11.3 Å². The number of amides is 1. The maximum Gasteiger partial charge on any atom is 0.271 e. The number of rotatable bonds is 7. The van der Waals surface area contributed by atoms with Crippen molar-refractivity contribution in [2.24, 2.45) is 4.99 Å². The molecule has 8 heteroatoms. The average molecular weight is 508 g/mol. The molecular formula is C27H29N3O3S2. The minimum Gasteiger partial charge on any atom is -0.496 e. The second-order valence-electron chi connectivity index (χ2n) is 8.07. The number of thiazole rings is 1. The first-order chi connectivity index (χ1) is 16.9. The monoisotopic (exact) mass is 507 g/mol. The number of benzene rings is 2. The van der Waals surface area contributed by atoms with E-state index in [-0.39, 0.29) is 11.5 Å². The summed E-state index contributed by atoms with van der Waals surface area (Å²) in [6.07, 6.45) is 3.92. The highest BCUT2D eigenvalue weighted by Gasteiger charge is 2.35. The van der Waals surface area contributed by atoms with Gasteiger partial charge in [-0.25, -0.2) is 4.99 Å². The lowest BCUT2D eigenvalue weighted by molar-refractivity contribution is -0.127. The zero-order valence-corrected chi connectivity index (χ0v) is 22.2. The summed E-state index contributed by atoms with van der Waals surface area (Å²) in [5, 5.41) is 0. The SMILES string of the molecule is CCN(CC)C(=O)C1=C(C)N=c2s/c(=C/c3ccc(SC)cc3)c(=O)n2[C@@H]1c1ccccc1OC. The molecule has 2 heterocycles.